The molecule has 0 unspecified atom stereocenters. The van der Waals surface area contributed by atoms with Crippen molar-refractivity contribution < 1.29 is 19.1 Å². The van der Waals surface area contributed by atoms with Gasteiger partial charge in [0.2, 0.25) is 5.91 Å². The summed E-state index contributed by atoms with van der Waals surface area (Å²) in [7, 11) is 0. The highest BCUT2D eigenvalue weighted by Crippen LogP contribution is 2.23. The van der Waals surface area contributed by atoms with Crippen molar-refractivity contribution in [2.75, 3.05) is 11.9 Å². The number of aryl methyl sites for hydroxylation is 1. The Kier molecular flexibility index (Phi) is 5.66. The summed E-state index contributed by atoms with van der Waals surface area (Å²) >= 11 is 2.22. The van der Waals surface area contributed by atoms with Crippen LogP contribution < -0.4 is 10.9 Å². The molecule has 3 rings (SSSR count). The van der Waals surface area contributed by atoms with E-state index in [0.29, 0.717) is 15.4 Å². The zero-order chi connectivity index (χ0) is 20.4. The lowest BCUT2D eigenvalue weighted by Crippen LogP contribution is -2.28. The number of fused-ring (bicyclic) bond motifs is 1. The maximum Gasteiger partial charge on any atom is 0.339 e. The van der Waals surface area contributed by atoms with Gasteiger partial charge in [0.15, 0.2) is 10.9 Å². The number of carbonyl (C=O) groups excluding carboxylic acids is 3. The number of thiazole rings is 1. The van der Waals surface area contributed by atoms with Gasteiger partial charge < -0.3 is 10.1 Å². The molecule has 0 bridgehead atoms. The summed E-state index contributed by atoms with van der Waals surface area (Å²) in [6, 6.07) is 0. The number of hydrogen-bond acceptors (Lipinski definition) is 9. The lowest BCUT2D eigenvalue weighted by atomic mass is 10.2. The summed E-state index contributed by atoms with van der Waals surface area (Å²) in [6.07, 6.45) is 1.25. The highest BCUT2D eigenvalue weighted by atomic mass is 32.1. The molecule has 0 atom stereocenters. The second kappa shape index (κ2) is 7.98. The molecule has 11 heteroatoms. The molecule has 3 aromatic heterocycles. The monoisotopic (exact) mass is 420 g/mol. The maximum absolute atomic E-state index is 12.7. The van der Waals surface area contributed by atoms with Crippen molar-refractivity contribution in [2.45, 2.75) is 27.3 Å². The standard InChI is InChI=1S/C17H16N4O5S2/c1-4-26-16(25)10-6-27-14-12(10)15(24)21(7-18-14)5-11(23)20-17-19-8(2)13(28-17)9(3)22/h6-7H,4-5H2,1-3H3,(H,19,20,23). The SMILES string of the molecule is CCOC(=O)c1csc2ncn(CC(=O)Nc3nc(C)c(C(C)=O)s3)c(=O)c12. The van der Waals surface area contributed by atoms with Crippen molar-refractivity contribution in [1.82, 2.24) is 14.5 Å². The number of nitrogens with zero attached hydrogens (tertiary/aromatic N) is 3. The molecule has 0 radical (unpaired) electrons. The molecule has 3 aromatic rings. The predicted octanol–water partition coefficient (Wildman–Crippen LogP) is 2.24. The number of thiophene rings is 1. The summed E-state index contributed by atoms with van der Waals surface area (Å²) in [5.74, 6) is -1.24. The number of esters is 1. The first-order chi connectivity index (χ1) is 13.3. The number of Topliss-reactive ketones (excluding diaryl/α,β-unsaturated/α-hetero) is 1. The third kappa shape index (κ3) is 3.85. The number of aromatic nitrogens is 3. The molecule has 0 aliphatic carbocycles. The van der Waals surface area contributed by atoms with E-state index in [1.165, 1.54) is 18.6 Å². The molecule has 0 aromatic carbocycles. The average Bonchev–Trinajstić information content (AvgIpc) is 3.21. The van der Waals surface area contributed by atoms with Crippen LogP contribution >= 0.6 is 22.7 Å². The number of carbonyl (C=O) groups is 3. The van der Waals surface area contributed by atoms with Gasteiger partial charge in [-0.25, -0.2) is 14.8 Å². The Balaban J connectivity index is 1.85. The van der Waals surface area contributed by atoms with Crippen LogP contribution in [0.4, 0.5) is 5.13 Å². The topological polar surface area (TPSA) is 120 Å². The van der Waals surface area contributed by atoms with Crippen molar-refractivity contribution in [3.05, 3.63) is 38.2 Å². The number of ketones is 1. The van der Waals surface area contributed by atoms with E-state index >= 15 is 0 Å². The van der Waals surface area contributed by atoms with E-state index in [4.69, 9.17) is 4.74 Å². The third-order valence-electron chi connectivity index (χ3n) is 3.73. The Hall–Kier alpha value is -2.92. The number of hydrogen-bond donors (Lipinski definition) is 1. The minimum absolute atomic E-state index is 0.128. The molecule has 146 valence electrons. The maximum atomic E-state index is 12.7. The Morgan fingerprint density at radius 1 is 1.32 bits per heavy atom. The van der Waals surface area contributed by atoms with E-state index in [1.807, 2.05) is 0 Å². The summed E-state index contributed by atoms with van der Waals surface area (Å²) in [5.41, 5.74) is 0.158. The number of nitrogens with one attached hydrogen (secondary N) is 1. The fourth-order valence-electron chi connectivity index (χ4n) is 2.53. The van der Waals surface area contributed by atoms with Gasteiger partial charge in [-0.05, 0) is 13.8 Å². The Bertz CT molecular complexity index is 1140. The quantitative estimate of drug-likeness (QED) is 0.479. The number of ether oxygens (including phenoxy) is 1. The van der Waals surface area contributed by atoms with Gasteiger partial charge in [-0.3, -0.25) is 19.0 Å². The molecule has 1 amide bonds. The van der Waals surface area contributed by atoms with Crippen molar-refractivity contribution >= 4 is 55.7 Å². The zero-order valence-corrected chi connectivity index (χ0v) is 16.9. The van der Waals surface area contributed by atoms with Gasteiger partial charge >= 0.3 is 5.97 Å². The smallest absolute Gasteiger partial charge is 0.339 e. The fraction of sp³-hybridized carbons (Fsp3) is 0.294. The zero-order valence-electron chi connectivity index (χ0n) is 15.3. The molecule has 9 nitrogen and oxygen atoms in total. The first-order valence-electron chi connectivity index (χ1n) is 8.23. The normalized spacial score (nSPS) is 10.8. The van der Waals surface area contributed by atoms with E-state index in [2.05, 4.69) is 15.3 Å². The summed E-state index contributed by atoms with van der Waals surface area (Å²) in [6.45, 7) is 4.65. The van der Waals surface area contributed by atoms with Crippen molar-refractivity contribution in [1.29, 1.82) is 0 Å². The molecule has 0 fully saturated rings. The van der Waals surface area contributed by atoms with Crippen LogP contribution in [0.3, 0.4) is 0 Å². The summed E-state index contributed by atoms with van der Waals surface area (Å²) < 4.78 is 6.07. The van der Waals surface area contributed by atoms with Crippen LogP contribution in [-0.4, -0.2) is 38.8 Å². The third-order valence-corrected chi connectivity index (χ3v) is 5.79. The predicted molar refractivity (Wildman–Crippen MR) is 105 cm³/mol. The van der Waals surface area contributed by atoms with Gasteiger partial charge in [-0.1, -0.05) is 11.3 Å². The molecule has 0 saturated carbocycles. The minimum Gasteiger partial charge on any atom is -0.462 e. The fourth-order valence-corrected chi connectivity index (χ4v) is 4.27. The molecule has 28 heavy (non-hydrogen) atoms. The van der Waals surface area contributed by atoms with Crippen LogP contribution in [0, 0.1) is 6.92 Å². The average molecular weight is 420 g/mol. The van der Waals surface area contributed by atoms with Gasteiger partial charge in [0.05, 0.1) is 34.5 Å². The van der Waals surface area contributed by atoms with Gasteiger partial charge in [0, 0.05) is 12.3 Å². The van der Waals surface area contributed by atoms with Gasteiger partial charge in [-0.2, -0.15) is 0 Å². The van der Waals surface area contributed by atoms with Crippen LogP contribution in [0.1, 0.15) is 39.6 Å². The second-order valence-electron chi connectivity index (χ2n) is 5.77. The largest absolute Gasteiger partial charge is 0.462 e. The van der Waals surface area contributed by atoms with E-state index in [9.17, 15) is 19.2 Å². The summed E-state index contributed by atoms with van der Waals surface area (Å²) in [4.78, 5) is 57.7. The lowest BCUT2D eigenvalue weighted by molar-refractivity contribution is -0.116. The van der Waals surface area contributed by atoms with Crippen LogP contribution in [0.2, 0.25) is 0 Å². The second-order valence-corrected chi connectivity index (χ2v) is 7.62. The molecule has 0 saturated heterocycles. The van der Waals surface area contributed by atoms with Crippen molar-refractivity contribution in [2.24, 2.45) is 0 Å². The van der Waals surface area contributed by atoms with Crippen LogP contribution in [0.25, 0.3) is 10.2 Å². The molecular formula is C17H16N4O5S2. The Morgan fingerprint density at radius 3 is 2.71 bits per heavy atom. The highest BCUT2D eigenvalue weighted by molar-refractivity contribution is 7.17. The van der Waals surface area contributed by atoms with Gasteiger partial charge in [0.1, 0.15) is 11.4 Å². The number of rotatable bonds is 6. The van der Waals surface area contributed by atoms with Gasteiger partial charge in [0.25, 0.3) is 5.56 Å². The van der Waals surface area contributed by atoms with E-state index in [0.717, 1.165) is 27.2 Å². The number of anilines is 1. The molecule has 1 N–H and O–H groups in total. The van der Waals surface area contributed by atoms with E-state index < -0.39 is 17.4 Å². The Morgan fingerprint density at radius 2 is 2.07 bits per heavy atom. The van der Waals surface area contributed by atoms with E-state index in [1.54, 1.807) is 13.8 Å². The molecule has 0 spiro atoms. The van der Waals surface area contributed by atoms with Crippen molar-refractivity contribution in [3.8, 4) is 0 Å². The van der Waals surface area contributed by atoms with Crippen molar-refractivity contribution in [3.63, 3.8) is 0 Å². The van der Waals surface area contributed by atoms with Crippen LogP contribution in [0.15, 0.2) is 16.5 Å². The minimum atomic E-state index is -0.607. The highest BCUT2D eigenvalue weighted by Gasteiger charge is 2.19. The summed E-state index contributed by atoms with van der Waals surface area (Å²) in [5, 5.41) is 4.49. The molecule has 0 aliphatic heterocycles. The first kappa shape index (κ1) is 19.8. The van der Waals surface area contributed by atoms with E-state index in [-0.39, 0.29) is 35.0 Å². The molecule has 0 aliphatic rings. The first-order valence-corrected chi connectivity index (χ1v) is 9.93. The number of amides is 1. The van der Waals surface area contributed by atoms with Gasteiger partial charge in [-0.15, -0.1) is 11.3 Å². The van der Waals surface area contributed by atoms with Crippen LogP contribution in [-0.2, 0) is 16.1 Å². The molecule has 3 heterocycles. The van der Waals surface area contributed by atoms with Crippen LogP contribution in [0.5, 0.6) is 0 Å². The Labute approximate surface area is 167 Å². The molecular weight excluding hydrogens is 404 g/mol. The lowest BCUT2D eigenvalue weighted by Gasteiger charge is -2.06.